The molecule has 26 heavy (non-hydrogen) atoms. The number of aromatic amines is 1. The van der Waals surface area contributed by atoms with Crippen molar-refractivity contribution in [3.05, 3.63) is 36.0 Å². The lowest BCUT2D eigenvalue weighted by Gasteiger charge is -2.20. The number of carbonyl (C=O) groups is 1. The second-order valence-electron chi connectivity index (χ2n) is 6.98. The van der Waals surface area contributed by atoms with E-state index in [1.807, 2.05) is 30.5 Å². The number of amides is 1. The second-order valence-corrected chi connectivity index (χ2v) is 6.98. The zero-order valence-corrected chi connectivity index (χ0v) is 15.5. The van der Waals surface area contributed by atoms with Gasteiger partial charge in [-0.1, -0.05) is 12.1 Å². The van der Waals surface area contributed by atoms with Gasteiger partial charge in [-0.05, 0) is 12.1 Å². The van der Waals surface area contributed by atoms with Crippen LogP contribution in [-0.4, -0.2) is 71.9 Å². The minimum atomic E-state index is -0.165. The Labute approximate surface area is 153 Å². The van der Waals surface area contributed by atoms with Crippen molar-refractivity contribution in [2.75, 3.05) is 40.9 Å². The second kappa shape index (κ2) is 7.88. The number of nitrogens with zero attached hydrogens (tertiary/aromatic N) is 3. The van der Waals surface area contributed by atoms with Gasteiger partial charge in [-0.25, -0.2) is 0 Å². The van der Waals surface area contributed by atoms with Gasteiger partial charge in [0.25, 0.3) is 0 Å². The van der Waals surface area contributed by atoms with Gasteiger partial charge in [-0.2, -0.15) is 5.10 Å². The van der Waals surface area contributed by atoms with Gasteiger partial charge in [0.1, 0.15) is 5.75 Å². The van der Waals surface area contributed by atoms with Gasteiger partial charge in [0.05, 0.1) is 24.9 Å². The Morgan fingerprint density at radius 2 is 2.23 bits per heavy atom. The lowest BCUT2D eigenvalue weighted by Crippen LogP contribution is -2.35. The van der Waals surface area contributed by atoms with E-state index in [0.29, 0.717) is 19.6 Å². The maximum absolute atomic E-state index is 12.4. The predicted molar refractivity (Wildman–Crippen MR) is 98.6 cm³/mol. The van der Waals surface area contributed by atoms with Gasteiger partial charge in [-0.15, -0.1) is 0 Å². The van der Waals surface area contributed by atoms with Crippen LogP contribution in [0.4, 0.5) is 0 Å². The summed E-state index contributed by atoms with van der Waals surface area (Å²) in [7, 11) is 5.17. The molecule has 3 rings (SSSR count). The fourth-order valence-electron chi connectivity index (χ4n) is 3.59. The van der Waals surface area contributed by atoms with Crippen LogP contribution in [0, 0.1) is 11.8 Å². The average molecular weight is 358 g/mol. The Bertz CT molecular complexity index is 759. The summed E-state index contributed by atoms with van der Waals surface area (Å²) in [6.07, 6.45) is 1.82. The third-order valence-corrected chi connectivity index (χ3v) is 4.98. The van der Waals surface area contributed by atoms with Crippen molar-refractivity contribution in [3.63, 3.8) is 0 Å². The number of rotatable bonds is 6. The summed E-state index contributed by atoms with van der Waals surface area (Å²) in [5.74, 6) is 0.673. The highest BCUT2D eigenvalue weighted by molar-refractivity contribution is 5.79. The van der Waals surface area contributed by atoms with Gasteiger partial charge in [0, 0.05) is 57.4 Å². The topological polar surface area (TPSA) is 81.7 Å². The lowest BCUT2D eigenvalue weighted by atomic mass is 9.96. The smallest absolute Gasteiger partial charge is 0.226 e. The number of aromatic nitrogens is 2. The number of aliphatic hydroxyl groups excluding tert-OH is 1. The molecule has 0 aliphatic carbocycles. The molecular weight excluding hydrogens is 332 g/mol. The van der Waals surface area contributed by atoms with E-state index in [4.69, 9.17) is 4.74 Å². The highest BCUT2D eigenvalue weighted by Gasteiger charge is 2.38. The molecule has 2 aromatic rings. The molecular formula is C19H26N4O3. The molecule has 7 nitrogen and oxygen atoms in total. The molecule has 7 heteroatoms. The Balaban J connectivity index is 1.76. The maximum atomic E-state index is 12.4. The minimum absolute atomic E-state index is 0.0227. The third kappa shape index (κ3) is 3.73. The summed E-state index contributed by atoms with van der Waals surface area (Å²) in [4.78, 5) is 16.2. The van der Waals surface area contributed by atoms with Gasteiger partial charge in [-0.3, -0.25) is 14.8 Å². The van der Waals surface area contributed by atoms with Gasteiger partial charge >= 0.3 is 0 Å². The fourth-order valence-corrected chi connectivity index (χ4v) is 3.59. The number of ether oxygens (including phenoxy) is 1. The lowest BCUT2D eigenvalue weighted by molar-refractivity contribution is -0.134. The molecule has 1 aliphatic rings. The molecule has 1 aliphatic heterocycles. The normalized spacial score (nSPS) is 20.3. The van der Waals surface area contributed by atoms with Crippen LogP contribution >= 0.6 is 0 Å². The van der Waals surface area contributed by atoms with E-state index in [-0.39, 0.29) is 24.3 Å². The maximum Gasteiger partial charge on any atom is 0.226 e. The number of likely N-dealkylation sites (tertiary alicyclic amines) is 1. The van der Waals surface area contributed by atoms with Crippen molar-refractivity contribution in [1.29, 1.82) is 0 Å². The van der Waals surface area contributed by atoms with Crippen molar-refractivity contribution in [2.45, 2.75) is 6.54 Å². The molecule has 1 saturated heterocycles. The highest BCUT2D eigenvalue weighted by Crippen LogP contribution is 2.29. The molecule has 2 atom stereocenters. The zero-order chi connectivity index (χ0) is 18.7. The van der Waals surface area contributed by atoms with Crippen LogP contribution in [0.2, 0.25) is 0 Å². The molecule has 0 bridgehead atoms. The summed E-state index contributed by atoms with van der Waals surface area (Å²) < 4.78 is 5.30. The fraction of sp³-hybridized carbons (Fsp3) is 0.474. The Morgan fingerprint density at radius 1 is 1.42 bits per heavy atom. The van der Waals surface area contributed by atoms with Crippen LogP contribution in [0.5, 0.6) is 5.75 Å². The molecule has 1 amide bonds. The van der Waals surface area contributed by atoms with Crippen molar-refractivity contribution in [3.8, 4) is 17.0 Å². The Hall–Kier alpha value is -2.38. The first-order valence-electron chi connectivity index (χ1n) is 8.74. The van der Waals surface area contributed by atoms with Gasteiger partial charge in [0.2, 0.25) is 5.91 Å². The number of nitrogens with one attached hydrogen (secondary N) is 1. The molecule has 0 saturated carbocycles. The zero-order valence-electron chi connectivity index (χ0n) is 15.5. The third-order valence-electron chi connectivity index (χ3n) is 4.98. The van der Waals surface area contributed by atoms with E-state index in [9.17, 15) is 9.90 Å². The SMILES string of the molecule is COc1cccc(-c2[nH]ncc2CN2C[C@@H](CO)[C@H](C(=O)N(C)C)C2)c1. The van der Waals surface area contributed by atoms with E-state index in [1.54, 1.807) is 26.1 Å². The number of hydrogen-bond donors (Lipinski definition) is 2. The van der Waals surface area contributed by atoms with Gasteiger partial charge in [0.15, 0.2) is 0 Å². The molecule has 0 unspecified atom stereocenters. The number of benzene rings is 1. The minimum Gasteiger partial charge on any atom is -0.497 e. The van der Waals surface area contributed by atoms with E-state index in [1.165, 1.54) is 0 Å². The first-order valence-corrected chi connectivity index (χ1v) is 8.74. The van der Waals surface area contributed by atoms with Crippen LogP contribution in [0.25, 0.3) is 11.3 Å². The van der Waals surface area contributed by atoms with Crippen molar-refractivity contribution in [2.24, 2.45) is 11.8 Å². The summed E-state index contributed by atoms with van der Waals surface area (Å²) in [6.45, 7) is 2.04. The number of aliphatic hydroxyl groups is 1. The first-order chi connectivity index (χ1) is 12.5. The Morgan fingerprint density at radius 3 is 2.92 bits per heavy atom. The number of hydrogen-bond acceptors (Lipinski definition) is 5. The largest absolute Gasteiger partial charge is 0.497 e. The highest BCUT2D eigenvalue weighted by atomic mass is 16.5. The molecule has 0 radical (unpaired) electrons. The molecule has 0 spiro atoms. The quantitative estimate of drug-likeness (QED) is 0.811. The van der Waals surface area contributed by atoms with Gasteiger partial charge < -0.3 is 14.7 Å². The Kier molecular flexibility index (Phi) is 5.58. The first kappa shape index (κ1) is 18.4. The monoisotopic (exact) mass is 358 g/mol. The van der Waals surface area contributed by atoms with Crippen molar-refractivity contribution >= 4 is 5.91 Å². The summed E-state index contributed by atoms with van der Waals surface area (Å²) in [5, 5.41) is 16.9. The van der Waals surface area contributed by atoms with Crippen LogP contribution in [0.1, 0.15) is 5.56 Å². The van der Waals surface area contributed by atoms with Crippen LogP contribution in [-0.2, 0) is 11.3 Å². The van der Waals surface area contributed by atoms with Crippen LogP contribution < -0.4 is 4.74 Å². The number of H-pyrrole nitrogens is 1. The summed E-state index contributed by atoms with van der Waals surface area (Å²) in [5.41, 5.74) is 3.02. The van der Waals surface area contributed by atoms with E-state index >= 15 is 0 Å². The van der Waals surface area contributed by atoms with Crippen LogP contribution in [0.15, 0.2) is 30.5 Å². The molecule has 1 aromatic carbocycles. The number of methoxy groups -OCH3 is 1. The summed E-state index contributed by atoms with van der Waals surface area (Å²) in [6, 6.07) is 7.83. The van der Waals surface area contributed by atoms with Crippen LogP contribution in [0.3, 0.4) is 0 Å². The molecule has 2 heterocycles. The molecule has 1 aromatic heterocycles. The summed E-state index contributed by atoms with van der Waals surface area (Å²) >= 11 is 0. The van der Waals surface area contributed by atoms with E-state index in [0.717, 1.165) is 22.6 Å². The molecule has 2 N–H and O–H groups in total. The van der Waals surface area contributed by atoms with Crippen molar-refractivity contribution in [1.82, 2.24) is 20.0 Å². The molecule has 1 fully saturated rings. The van der Waals surface area contributed by atoms with Crippen molar-refractivity contribution < 1.29 is 14.6 Å². The average Bonchev–Trinajstić information content (AvgIpc) is 3.28. The predicted octanol–water partition coefficient (Wildman–Crippen LogP) is 1.21. The molecule has 140 valence electrons. The standard InChI is InChI=1S/C19H26N4O3/c1-22(2)19(25)17-11-23(10-15(17)12-24)9-14-8-20-21-18(14)13-5-4-6-16(7-13)26-3/h4-8,15,17,24H,9-12H2,1-3H3,(H,20,21)/t15-,17+/m0/s1. The number of carbonyl (C=O) groups excluding carboxylic acids is 1. The van der Waals surface area contributed by atoms with E-state index in [2.05, 4.69) is 15.1 Å². The van der Waals surface area contributed by atoms with E-state index < -0.39 is 0 Å².